The molecule has 2 aromatic rings. The Kier molecular flexibility index (Phi) is 2.97. The number of nitrogens with zero attached hydrogens (tertiary/aromatic N) is 2. The minimum atomic E-state index is -0.728. The Morgan fingerprint density at radius 1 is 1.31 bits per heavy atom. The van der Waals surface area contributed by atoms with E-state index >= 15 is 0 Å². The second-order valence-corrected chi connectivity index (χ2v) is 3.76. The molecule has 0 saturated heterocycles. The normalized spacial score (nSPS) is 10.8. The Balaban J connectivity index is 2.48. The van der Waals surface area contributed by atoms with Gasteiger partial charge in [-0.25, -0.2) is 8.78 Å². The van der Waals surface area contributed by atoms with Crippen LogP contribution in [0, 0.1) is 11.6 Å². The molecule has 0 amide bonds. The Morgan fingerprint density at radius 2 is 1.94 bits per heavy atom. The summed E-state index contributed by atoms with van der Waals surface area (Å²) in [5, 5.41) is 3.55. The molecule has 7 heteroatoms. The second-order valence-electron chi connectivity index (χ2n) is 2.97. The SMILES string of the molecule is NCc1nc(-c2cc(F)c(Br)c(F)c2)no1. The van der Waals surface area contributed by atoms with Crippen LogP contribution >= 0.6 is 15.9 Å². The van der Waals surface area contributed by atoms with Gasteiger partial charge in [-0.3, -0.25) is 0 Å². The van der Waals surface area contributed by atoms with Crippen molar-refractivity contribution in [1.82, 2.24) is 10.1 Å². The molecule has 0 bridgehead atoms. The van der Waals surface area contributed by atoms with Gasteiger partial charge in [-0.1, -0.05) is 5.16 Å². The number of hydrogen-bond acceptors (Lipinski definition) is 4. The van der Waals surface area contributed by atoms with E-state index < -0.39 is 11.6 Å². The highest BCUT2D eigenvalue weighted by molar-refractivity contribution is 9.10. The smallest absolute Gasteiger partial charge is 0.240 e. The van der Waals surface area contributed by atoms with Gasteiger partial charge in [-0.05, 0) is 28.1 Å². The van der Waals surface area contributed by atoms with Crippen molar-refractivity contribution >= 4 is 15.9 Å². The Bertz CT molecular complexity index is 506. The first-order valence-electron chi connectivity index (χ1n) is 4.29. The molecule has 0 saturated carbocycles. The zero-order valence-electron chi connectivity index (χ0n) is 7.88. The summed E-state index contributed by atoms with van der Waals surface area (Å²) in [7, 11) is 0. The maximum absolute atomic E-state index is 13.2. The van der Waals surface area contributed by atoms with Crippen LogP contribution < -0.4 is 5.73 Å². The van der Waals surface area contributed by atoms with Crippen LogP contribution in [0.1, 0.15) is 5.89 Å². The molecular formula is C9H6BrF2N3O. The van der Waals surface area contributed by atoms with Crippen LogP contribution in [0.3, 0.4) is 0 Å². The fourth-order valence-corrected chi connectivity index (χ4v) is 1.37. The van der Waals surface area contributed by atoms with E-state index in [0.29, 0.717) is 0 Å². The summed E-state index contributed by atoms with van der Waals surface area (Å²) < 4.78 is 30.9. The van der Waals surface area contributed by atoms with Crippen LogP contribution in [0.2, 0.25) is 0 Å². The van der Waals surface area contributed by atoms with Crippen LogP contribution in [-0.2, 0) is 6.54 Å². The van der Waals surface area contributed by atoms with Crippen molar-refractivity contribution in [3.63, 3.8) is 0 Å². The average molecular weight is 290 g/mol. The quantitative estimate of drug-likeness (QED) is 0.861. The van der Waals surface area contributed by atoms with Crippen molar-refractivity contribution < 1.29 is 13.3 Å². The number of hydrogen-bond donors (Lipinski definition) is 1. The molecule has 0 aliphatic rings. The van der Waals surface area contributed by atoms with Gasteiger partial charge in [0.05, 0.1) is 11.0 Å². The predicted octanol–water partition coefficient (Wildman–Crippen LogP) is 2.24. The van der Waals surface area contributed by atoms with E-state index in [1.807, 2.05) is 0 Å². The summed E-state index contributed by atoms with van der Waals surface area (Å²) >= 11 is 2.77. The van der Waals surface area contributed by atoms with Gasteiger partial charge in [0.15, 0.2) is 0 Å². The van der Waals surface area contributed by atoms with E-state index in [2.05, 4.69) is 26.1 Å². The highest BCUT2D eigenvalue weighted by Gasteiger charge is 2.13. The van der Waals surface area contributed by atoms with E-state index in [9.17, 15) is 8.78 Å². The van der Waals surface area contributed by atoms with Gasteiger partial charge >= 0.3 is 0 Å². The predicted molar refractivity (Wildman–Crippen MR) is 55.2 cm³/mol. The molecule has 1 aromatic carbocycles. The highest BCUT2D eigenvalue weighted by atomic mass is 79.9. The fourth-order valence-electron chi connectivity index (χ4n) is 1.14. The summed E-state index contributed by atoms with van der Waals surface area (Å²) in [4.78, 5) is 3.86. The highest BCUT2D eigenvalue weighted by Crippen LogP contribution is 2.25. The number of nitrogens with two attached hydrogens (primary N) is 1. The van der Waals surface area contributed by atoms with Crippen molar-refractivity contribution in [3.05, 3.63) is 34.1 Å². The lowest BCUT2D eigenvalue weighted by molar-refractivity contribution is 0.380. The molecule has 84 valence electrons. The number of benzene rings is 1. The first-order valence-corrected chi connectivity index (χ1v) is 5.08. The molecule has 0 spiro atoms. The lowest BCUT2D eigenvalue weighted by Gasteiger charge is -1.99. The van der Waals surface area contributed by atoms with Crippen LogP contribution in [0.15, 0.2) is 21.1 Å². The minimum Gasteiger partial charge on any atom is -0.338 e. The Hall–Kier alpha value is -1.34. The molecule has 0 atom stereocenters. The maximum Gasteiger partial charge on any atom is 0.240 e. The monoisotopic (exact) mass is 289 g/mol. The lowest BCUT2D eigenvalue weighted by atomic mass is 10.2. The molecule has 4 nitrogen and oxygen atoms in total. The van der Waals surface area contributed by atoms with Crippen LogP contribution in [0.25, 0.3) is 11.4 Å². The summed E-state index contributed by atoms with van der Waals surface area (Å²) in [6, 6.07) is 2.22. The summed E-state index contributed by atoms with van der Waals surface area (Å²) in [5.41, 5.74) is 5.47. The van der Waals surface area contributed by atoms with Gasteiger partial charge in [0.2, 0.25) is 11.7 Å². The fraction of sp³-hybridized carbons (Fsp3) is 0.111. The Morgan fingerprint density at radius 3 is 2.44 bits per heavy atom. The molecule has 0 aliphatic carbocycles. The van der Waals surface area contributed by atoms with E-state index in [-0.39, 0.29) is 28.3 Å². The average Bonchev–Trinajstić information content (AvgIpc) is 2.73. The molecule has 0 unspecified atom stereocenters. The van der Waals surface area contributed by atoms with E-state index in [0.717, 1.165) is 12.1 Å². The molecule has 0 aliphatic heterocycles. The third-order valence-electron chi connectivity index (χ3n) is 1.88. The zero-order chi connectivity index (χ0) is 11.7. The molecule has 0 radical (unpaired) electrons. The largest absolute Gasteiger partial charge is 0.338 e. The molecule has 1 heterocycles. The lowest BCUT2D eigenvalue weighted by Crippen LogP contribution is -1.96. The van der Waals surface area contributed by atoms with Gasteiger partial charge in [0.25, 0.3) is 0 Å². The van der Waals surface area contributed by atoms with Crippen molar-refractivity contribution in [2.45, 2.75) is 6.54 Å². The van der Waals surface area contributed by atoms with Gasteiger partial charge in [0.1, 0.15) is 11.6 Å². The van der Waals surface area contributed by atoms with Crippen molar-refractivity contribution in [2.75, 3.05) is 0 Å². The minimum absolute atomic E-state index is 0.0779. The first kappa shape index (κ1) is 11.2. The Labute approximate surface area is 97.6 Å². The molecule has 0 fully saturated rings. The van der Waals surface area contributed by atoms with Crippen molar-refractivity contribution in [1.29, 1.82) is 0 Å². The van der Waals surface area contributed by atoms with E-state index in [1.165, 1.54) is 0 Å². The third kappa shape index (κ3) is 1.96. The molecule has 2 N–H and O–H groups in total. The number of rotatable bonds is 2. The van der Waals surface area contributed by atoms with Crippen LogP contribution in [0.5, 0.6) is 0 Å². The molecule has 2 rings (SSSR count). The number of halogens is 3. The second kappa shape index (κ2) is 4.26. The van der Waals surface area contributed by atoms with Crippen molar-refractivity contribution in [2.24, 2.45) is 5.73 Å². The summed E-state index contributed by atoms with van der Waals surface area (Å²) in [6.07, 6.45) is 0. The maximum atomic E-state index is 13.2. The molecule has 16 heavy (non-hydrogen) atoms. The van der Waals surface area contributed by atoms with E-state index in [4.69, 9.17) is 10.3 Å². The van der Waals surface area contributed by atoms with E-state index in [1.54, 1.807) is 0 Å². The zero-order valence-corrected chi connectivity index (χ0v) is 9.46. The molecular weight excluding hydrogens is 284 g/mol. The van der Waals surface area contributed by atoms with Gasteiger partial charge in [0, 0.05) is 5.56 Å². The molecule has 1 aromatic heterocycles. The van der Waals surface area contributed by atoms with Gasteiger partial charge in [-0.15, -0.1) is 0 Å². The third-order valence-corrected chi connectivity index (χ3v) is 2.64. The first-order chi connectivity index (χ1) is 7.61. The van der Waals surface area contributed by atoms with Crippen LogP contribution in [0.4, 0.5) is 8.78 Å². The summed E-state index contributed by atoms with van der Waals surface area (Å²) in [5.74, 6) is -1.15. The van der Waals surface area contributed by atoms with Crippen molar-refractivity contribution in [3.8, 4) is 11.4 Å². The van der Waals surface area contributed by atoms with Gasteiger partial charge < -0.3 is 10.3 Å². The number of aromatic nitrogens is 2. The topological polar surface area (TPSA) is 64.9 Å². The standard InChI is InChI=1S/C9H6BrF2N3O/c10-8-5(11)1-4(2-6(8)12)9-14-7(3-13)16-15-9/h1-2H,3,13H2. The van der Waals surface area contributed by atoms with Gasteiger partial charge in [-0.2, -0.15) is 4.98 Å². The summed E-state index contributed by atoms with van der Waals surface area (Å²) in [6.45, 7) is 0.0779. The van der Waals surface area contributed by atoms with Crippen LogP contribution in [-0.4, -0.2) is 10.1 Å².